The smallest absolute Gasteiger partial charge is 0.252 e. The minimum absolute atomic E-state index is 0.00296. The fraction of sp³-hybridized carbons (Fsp3) is 0.391. The number of hydrogen-bond donors (Lipinski definition) is 2. The second-order valence-corrected chi connectivity index (χ2v) is 7.66. The van der Waals surface area contributed by atoms with Gasteiger partial charge in [-0.2, -0.15) is 0 Å². The normalized spacial score (nSPS) is 17.1. The van der Waals surface area contributed by atoms with E-state index in [2.05, 4.69) is 22.8 Å². The lowest BCUT2D eigenvalue weighted by molar-refractivity contribution is -0.124. The highest BCUT2D eigenvalue weighted by Gasteiger charge is 2.29. The van der Waals surface area contributed by atoms with Crippen LogP contribution in [-0.2, 0) is 11.2 Å². The molecule has 3 rings (SSSR count). The molecule has 0 heterocycles. The van der Waals surface area contributed by atoms with Gasteiger partial charge < -0.3 is 10.6 Å². The van der Waals surface area contributed by atoms with E-state index in [9.17, 15) is 9.59 Å². The van der Waals surface area contributed by atoms with Crippen LogP contribution in [0, 0.1) is 12.8 Å². The van der Waals surface area contributed by atoms with E-state index < -0.39 is 6.04 Å². The van der Waals surface area contributed by atoms with Crippen molar-refractivity contribution in [3.05, 3.63) is 70.8 Å². The average Bonchev–Trinajstić information content (AvgIpc) is 2.66. The SMILES string of the molecule is Cc1ccccc1C(=O)N[C@@H](C(=O)N[C@@H]1CCCc2ccccc21)C(C)C. The zero-order valence-electron chi connectivity index (χ0n) is 16.3. The van der Waals surface area contributed by atoms with Gasteiger partial charge in [-0.15, -0.1) is 0 Å². The van der Waals surface area contributed by atoms with E-state index in [0.29, 0.717) is 5.56 Å². The maximum absolute atomic E-state index is 13.0. The number of carbonyl (C=O) groups is 2. The molecule has 0 saturated carbocycles. The van der Waals surface area contributed by atoms with Crippen LogP contribution in [0.3, 0.4) is 0 Å². The van der Waals surface area contributed by atoms with Gasteiger partial charge >= 0.3 is 0 Å². The molecule has 0 spiro atoms. The van der Waals surface area contributed by atoms with Crippen molar-refractivity contribution in [1.29, 1.82) is 0 Å². The predicted octanol–water partition coefficient (Wildman–Crippen LogP) is 3.94. The first-order valence-electron chi connectivity index (χ1n) is 9.72. The van der Waals surface area contributed by atoms with Crippen molar-refractivity contribution in [2.24, 2.45) is 5.92 Å². The molecule has 4 heteroatoms. The summed E-state index contributed by atoms with van der Waals surface area (Å²) in [5.74, 6) is -0.323. The lowest BCUT2D eigenvalue weighted by Crippen LogP contribution is -2.50. The molecule has 1 aliphatic carbocycles. The molecular formula is C23H28N2O2. The largest absolute Gasteiger partial charge is 0.347 e. The third-order valence-electron chi connectivity index (χ3n) is 5.31. The molecule has 2 aromatic carbocycles. The summed E-state index contributed by atoms with van der Waals surface area (Å²) in [5, 5.41) is 6.11. The molecule has 0 saturated heterocycles. The highest BCUT2D eigenvalue weighted by atomic mass is 16.2. The lowest BCUT2D eigenvalue weighted by Gasteiger charge is -2.29. The Balaban J connectivity index is 1.73. The van der Waals surface area contributed by atoms with E-state index in [4.69, 9.17) is 0 Å². The summed E-state index contributed by atoms with van der Waals surface area (Å²) in [5.41, 5.74) is 4.02. The van der Waals surface area contributed by atoms with Crippen molar-refractivity contribution in [3.63, 3.8) is 0 Å². The van der Waals surface area contributed by atoms with Gasteiger partial charge in [0.05, 0.1) is 6.04 Å². The summed E-state index contributed by atoms with van der Waals surface area (Å²) in [6, 6.07) is 15.2. The molecule has 142 valence electrons. The van der Waals surface area contributed by atoms with E-state index in [1.54, 1.807) is 6.07 Å². The van der Waals surface area contributed by atoms with Gasteiger partial charge in [0.1, 0.15) is 6.04 Å². The average molecular weight is 364 g/mol. The zero-order valence-corrected chi connectivity index (χ0v) is 16.3. The quantitative estimate of drug-likeness (QED) is 0.844. The number of nitrogens with one attached hydrogen (secondary N) is 2. The second kappa shape index (κ2) is 8.38. The van der Waals surface area contributed by atoms with E-state index in [1.807, 2.05) is 51.1 Å². The number of rotatable bonds is 5. The predicted molar refractivity (Wildman–Crippen MR) is 108 cm³/mol. The molecule has 0 unspecified atom stereocenters. The number of fused-ring (bicyclic) bond motifs is 1. The van der Waals surface area contributed by atoms with E-state index in [0.717, 1.165) is 24.8 Å². The Morgan fingerprint density at radius 1 is 1.04 bits per heavy atom. The standard InChI is InChI=1S/C23H28N2O2/c1-15(2)21(25-22(26)18-12-6-4-9-16(18)3)23(27)24-20-14-8-11-17-10-5-7-13-19(17)20/h4-7,9-10,12-13,15,20-21H,8,11,14H2,1-3H3,(H,24,27)(H,25,26)/t20-,21-/m1/s1. The molecule has 1 aliphatic rings. The summed E-state index contributed by atoms with van der Waals surface area (Å²) in [7, 11) is 0. The fourth-order valence-corrected chi connectivity index (χ4v) is 3.75. The summed E-state index contributed by atoms with van der Waals surface area (Å²) in [6.45, 7) is 5.81. The van der Waals surface area contributed by atoms with Crippen molar-refractivity contribution in [2.75, 3.05) is 0 Å². The van der Waals surface area contributed by atoms with Gasteiger partial charge in [-0.05, 0) is 54.9 Å². The van der Waals surface area contributed by atoms with Crippen molar-refractivity contribution in [1.82, 2.24) is 10.6 Å². The van der Waals surface area contributed by atoms with Crippen LogP contribution in [0.1, 0.15) is 59.8 Å². The minimum Gasteiger partial charge on any atom is -0.347 e. The van der Waals surface area contributed by atoms with Crippen LogP contribution in [-0.4, -0.2) is 17.9 Å². The molecule has 0 aliphatic heterocycles. The maximum Gasteiger partial charge on any atom is 0.252 e. The van der Waals surface area contributed by atoms with Gasteiger partial charge in [0.2, 0.25) is 5.91 Å². The molecule has 0 fully saturated rings. The molecular weight excluding hydrogens is 336 g/mol. The van der Waals surface area contributed by atoms with E-state index in [-0.39, 0.29) is 23.8 Å². The second-order valence-electron chi connectivity index (χ2n) is 7.66. The first-order valence-corrected chi connectivity index (χ1v) is 9.72. The highest BCUT2D eigenvalue weighted by Crippen LogP contribution is 2.29. The molecule has 2 atom stereocenters. The fourth-order valence-electron chi connectivity index (χ4n) is 3.75. The third-order valence-corrected chi connectivity index (χ3v) is 5.31. The highest BCUT2D eigenvalue weighted by molar-refractivity contribution is 5.98. The van der Waals surface area contributed by atoms with Crippen LogP contribution >= 0.6 is 0 Å². The monoisotopic (exact) mass is 364 g/mol. The lowest BCUT2D eigenvalue weighted by atomic mass is 9.87. The molecule has 4 nitrogen and oxygen atoms in total. The van der Waals surface area contributed by atoms with Gasteiger partial charge in [0.15, 0.2) is 0 Å². The Bertz CT molecular complexity index is 829. The number of amides is 2. The minimum atomic E-state index is -0.564. The topological polar surface area (TPSA) is 58.2 Å². The molecule has 2 N–H and O–H groups in total. The van der Waals surface area contributed by atoms with Crippen LogP contribution < -0.4 is 10.6 Å². The summed E-state index contributed by atoms with van der Waals surface area (Å²) < 4.78 is 0. The Morgan fingerprint density at radius 3 is 2.48 bits per heavy atom. The van der Waals surface area contributed by atoms with Crippen molar-refractivity contribution >= 4 is 11.8 Å². The number of aryl methyl sites for hydroxylation is 2. The van der Waals surface area contributed by atoms with Crippen LogP contribution in [0.5, 0.6) is 0 Å². The van der Waals surface area contributed by atoms with Crippen LogP contribution in [0.25, 0.3) is 0 Å². The van der Waals surface area contributed by atoms with Crippen LogP contribution in [0.15, 0.2) is 48.5 Å². The van der Waals surface area contributed by atoms with Crippen molar-refractivity contribution in [3.8, 4) is 0 Å². The Kier molecular flexibility index (Phi) is 5.94. The molecule has 2 amide bonds. The molecule has 0 radical (unpaired) electrons. The van der Waals surface area contributed by atoms with Crippen LogP contribution in [0.2, 0.25) is 0 Å². The Hall–Kier alpha value is -2.62. The number of benzene rings is 2. The van der Waals surface area contributed by atoms with Gasteiger partial charge in [-0.3, -0.25) is 9.59 Å². The molecule has 27 heavy (non-hydrogen) atoms. The Morgan fingerprint density at radius 2 is 1.74 bits per heavy atom. The van der Waals surface area contributed by atoms with Crippen LogP contribution in [0.4, 0.5) is 0 Å². The zero-order chi connectivity index (χ0) is 19.4. The molecule has 2 aromatic rings. The summed E-state index contributed by atoms with van der Waals surface area (Å²) in [6.07, 6.45) is 3.04. The van der Waals surface area contributed by atoms with Gasteiger partial charge in [-0.1, -0.05) is 56.3 Å². The van der Waals surface area contributed by atoms with E-state index >= 15 is 0 Å². The first kappa shape index (κ1) is 19.2. The third kappa shape index (κ3) is 4.38. The number of hydrogen-bond acceptors (Lipinski definition) is 2. The molecule has 0 aromatic heterocycles. The van der Waals surface area contributed by atoms with Gasteiger partial charge in [-0.25, -0.2) is 0 Å². The van der Waals surface area contributed by atoms with Crippen molar-refractivity contribution < 1.29 is 9.59 Å². The maximum atomic E-state index is 13.0. The van der Waals surface area contributed by atoms with Gasteiger partial charge in [0, 0.05) is 5.56 Å². The van der Waals surface area contributed by atoms with E-state index in [1.165, 1.54) is 11.1 Å². The first-order chi connectivity index (χ1) is 13.0. The van der Waals surface area contributed by atoms with Gasteiger partial charge in [0.25, 0.3) is 5.91 Å². The Labute approximate surface area is 161 Å². The number of carbonyl (C=O) groups excluding carboxylic acids is 2. The summed E-state index contributed by atoms with van der Waals surface area (Å²) >= 11 is 0. The van der Waals surface area contributed by atoms with Crippen molar-refractivity contribution in [2.45, 2.75) is 52.1 Å². The summed E-state index contributed by atoms with van der Waals surface area (Å²) in [4.78, 5) is 25.7. The molecule has 0 bridgehead atoms.